The molecule has 26 heavy (non-hydrogen) atoms. The zero-order chi connectivity index (χ0) is 18.8. The summed E-state index contributed by atoms with van der Waals surface area (Å²) >= 11 is 19.2. The molecule has 0 bridgehead atoms. The number of benzene rings is 2. The Bertz CT molecular complexity index is 907. The number of carbonyl (C=O) groups excluding carboxylic acids is 2. The van der Waals surface area contributed by atoms with Crippen molar-refractivity contribution in [2.24, 2.45) is 0 Å². The second-order valence-corrected chi connectivity index (χ2v) is 7.59. The third kappa shape index (κ3) is 3.86. The third-order valence-corrected chi connectivity index (χ3v) is 5.52. The van der Waals surface area contributed by atoms with Crippen LogP contribution in [-0.2, 0) is 11.3 Å². The average molecular weight is 429 g/mol. The van der Waals surface area contributed by atoms with Crippen molar-refractivity contribution in [3.8, 4) is 5.75 Å². The predicted molar refractivity (Wildman–Crippen MR) is 106 cm³/mol. The highest BCUT2D eigenvalue weighted by Gasteiger charge is 2.35. The van der Waals surface area contributed by atoms with E-state index in [2.05, 4.69) is 0 Å². The number of nitrogens with zero attached hydrogens (tertiary/aromatic N) is 1. The number of rotatable bonds is 4. The van der Waals surface area contributed by atoms with Gasteiger partial charge in [-0.15, -0.1) is 0 Å². The fourth-order valence-electron chi connectivity index (χ4n) is 2.44. The van der Waals surface area contributed by atoms with Crippen LogP contribution in [0.5, 0.6) is 5.75 Å². The first-order chi connectivity index (χ1) is 12.4. The molecule has 2 aromatic rings. The number of amides is 2. The summed E-state index contributed by atoms with van der Waals surface area (Å²) in [6.45, 7) is 0.117. The van der Waals surface area contributed by atoms with Gasteiger partial charge in [-0.25, -0.2) is 0 Å². The van der Waals surface area contributed by atoms with E-state index in [1.165, 1.54) is 7.11 Å². The quantitative estimate of drug-likeness (QED) is 0.569. The Morgan fingerprint density at radius 1 is 1.08 bits per heavy atom. The van der Waals surface area contributed by atoms with Crippen LogP contribution in [0.3, 0.4) is 0 Å². The van der Waals surface area contributed by atoms with Gasteiger partial charge in [-0.3, -0.25) is 14.5 Å². The van der Waals surface area contributed by atoms with E-state index in [4.69, 9.17) is 39.5 Å². The summed E-state index contributed by atoms with van der Waals surface area (Å²) in [6.07, 6.45) is 1.58. The number of ether oxygens (including phenoxy) is 1. The van der Waals surface area contributed by atoms with Gasteiger partial charge in [-0.1, -0.05) is 53.0 Å². The lowest BCUT2D eigenvalue weighted by Gasteiger charge is -2.13. The molecule has 8 heteroatoms. The molecule has 1 heterocycles. The highest BCUT2D eigenvalue weighted by Crippen LogP contribution is 2.37. The molecular weight excluding hydrogens is 417 g/mol. The molecule has 0 aliphatic carbocycles. The molecule has 3 rings (SSSR count). The Morgan fingerprint density at radius 2 is 1.73 bits per heavy atom. The number of halogens is 3. The van der Waals surface area contributed by atoms with Gasteiger partial charge in [-0.05, 0) is 47.2 Å². The van der Waals surface area contributed by atoms with Crippen LogP contribution in [0.25, 0.3) is 6.08 Å². The molecule has 134 valence electrons. The lowest BCUT2D eigenvalue weighted by Crippen LogP contribution is -2.27. The molecule has 2 aromatic carbocycles. The lowest BCUT2D eigenvalue weighted by atomic mass is 10.2. The van der Waals surface area contributed by atoms with Gasteiger partial charge in [0.25, 0.3) is 11.1 Å². The molecule has 0 unspecified atom stereocenters. The smallest absolute Gasteiger partial charge is 0.293 e. The highest BCUT2D eigenvalue weighted by molar-refractivity contribution is 8.18. The van der Waals surface area contributed by atoms with Gasteiger partial charge < -0.3 is 4.74 Å². The molecule has 1 aliphatic heterocycles. The Morgan fingerprint density at radius 3 is 2.35 bits per heavy atom. The molecule has 0 N–H and O–H groups in total. The monoisotopic (exact) mass is 427 g/mol. The Kier molecular flexibility index (Phi) is 5.82. The van der Waals surface area contributed by atoms with Crippen LogP contribution in [0.15, 0.2) is 41.3 Å². The minimum atomic E-state index is -0.386. The van der Waals surface area contributed by atoms with Crippen molar-refractivity contribution < 1.29 is 14.3 Å². The number of carbonyl (C=O) groups is 2. The molecular formula is C18H12Cl3NO3S. The molecule has 0 atom stereocenters. The molecule has 1 saturated heterocycles. The maximum Gasteiger partial charge on any atom is 0.293 e. The van der Waals surface area contributed by atoms with E-state index in [1.54, 1.807) is 42.5 Å². The van der Waals surface area contributed by atoms with Crippen LogP contribution in [0, 0.1) is 0 Å². The second-order valence-electron chi connectivity index (χ2n) is 5.38. The van der Waals surface area contributed by atoms with Crippen LogP contribution in [0.1, 0.15) is 11.1 Å². The summed E-state index contributed by atoms with van der Waals surface area (Å²) in [6, 6.07) is 10.3. The SMILES string of the molecule is COc1c(Cl)cc(/C=C2\SC(=O)N(Cc3ccccc3Cl)C2=O)cc1Cl. The van der Waals surface area contributed by atoms with Crippen molar-refractivity contribution in [3.63, 3.8) is 0 Å². The van der Waals surface area contributed by atoms with E-state index in [0.29, 0.717) is 36.8 Å². The molecule has 1 aliphatic rings. The molecule has 1 fully saturated rings. The maximum absolute atomic E-state index is 12.6. The summed E-state index contributed by atoms with van der Waals surface area (Å²) in [4.78, 5) is 26.3. The van der Waals surface area contributed by atoms with Crippen molar-refractivity contribution in [1.29, 1.82) is 0 Å². The zero-order valence-electron chi connectivity index (χ0n) is 13.5. The number of imide groups is 1. The van der Waals surface area contributed by atoms with Crippen LogP contribution < -0.4 is 4.74 Å². The highest BCUT2D eigenvalue weighted by atomic mass is 35.5. The Balaban J connectivity index is 1.87. The van der Waals surface area contributed by atoms with E-state index < -0.39 is 0 Å². The van der Waals surface area contributed by atoms with Gasteiger partial charge in [-0.2, -0.15) is 0 Å². The molecule has 0 radical (unpaired) electrons. The van der Waals surface area contributed by atoms with Crippen molar-refractivity contribution in [1.82, 2.24) is 4.90 Å². The van der Waals surface area contributed by atoms with Crippen molar-refractivity contribution >= 4 is 63.8 Å². The molecule has 0 aromatic heterocycles. The predicted octanol–water partition coefficient (Wildman–Crippen LogP) is 5.89. The normalized spacial score (nSPS) is 15.8. The van der Waals surface area contributed by atoms with Crippen LogP contribution >= 0.6 is 46.6 Å². The number of hydrogen-bond donors (Lipinski definition) is 0. The standard InChI is InChI=1S/C18H12Cl3NO3S/c1-25-16-13(20)6-10(7-14(16)21)8-15-17(23)22(18(24)26-15)9-11-4-2-3-5-12(11)19/h2-8H,9H2,1H3/b15-8-. The van der Waals surface area contributed by atoms with Crippen LogP contribution in [0.4, 0.5) is 4.79 Å². The largest absolute Gasteiger partial charge is 0.494 e. The fourth-order valence-corrected chi connectivity index (χ4v) is 4.13. The maximum atomic E-state index is 12.6. The molecule has 4 nitrogen and oxygen atoms in total. The second kappa shape index (κ2) is 7.92. The van der Waals surface area contributed by atoms with E-state index in [1.807, 2.05) is 0 Å². The number of hydrogen-bond acceptors (Lipinski definition) is 4. The zero-order valence-corrected chi connectivity index (χ0v) is 16.5. The first-order valence-electron chi connectivity index (χ1n) is 7.42. The average Bonchev–Trinajstić information content (AvgIpc) is 2.84. The minimum absolute atomic E-state index is 0.117. The van der Waals surface area contributed by atoms with E-state index in [-0.39, 0.29) is 17.7 Å². The van der Waals surface area contributed by atoms with Crippen molar-refractivity contribution in [2.75, 3.05) is 7.11 Å². The van der Waals surface area contributed by atoms with Gasteiger partial charge in [0.05, 0.1) is 28.6 Å². The summed E-state index contributed by atoms with van der Waals surface area (Å²) in [5, 5.41) is 0.791. The fraction of sp³-hybridized carbons (Fsp3) is 0.111. The van der Waals surface area contributed by atoms with Crippen molar-refractivity contribution in [3.05, 3.63) is 67.5 Å². The van der Waals surface area contributed by atoms with Gasteiger partial charge in [0.2, 0.25) is 0 Å². The molecule has 0 spiro atoms. The summed E-state index contributed by atoms with van der Waals surface area (Å²) in [7, 11) is 1.47. The van der Waals surface area contributed by atoms with Crippen LogP contribution in [-0.4, -0.2) is 23.2 Å². The summed E-state index contributed by atoms with van der Waals surface area (Å²) in [5.74, 6) is -0.0275. The Labute approximate surface area is 169 Å². The van der Waals surface area contributed by atoms with E-state index >= 15 is 0 Å². The lowest BCUT2D eigenvalue weighted by molar-refractivity contribution is -0.123. The summed E-state index contributed by atoms with van der Waals surface area (Å²) in [5.41, 5.74) is 1.30. The number of methoxy groups -OCH3 is 1. The third-order valence-electron chi connectivity index (χ3n) is 3.68. The Hall–Kier alpha value is -1.66. The first kappa shape index (κ1) is 19.1. The van der Waals surface area contributed by atoms with Gasteiger partial charge >= 0.3 is 0 Å². The number of thioether (sulfide) groups is 1. The van der Waals surface area contributed by atoms with Gasteiger partial charge in [0, 0.05) is 5.02 Å². The topological polar surface area (TPSA) is 46.6 Å². The molecule has 0 saturated carbocycles. The first-order valence-corrected chi connectivity index (χ1v) is 9.37. The summed E-state index contributed by atoms with van der Waals surface area (Å²) < 4.78 is 5.10. The van der Waals surface area contributed by atoms with Gasteiger partial charge in [0.1, 0.15) is 0 Å². The van der Waals surface area contributed by atoms with Crippen molar-refractivity contribution in [2.45, 2.75) is 6.54 Å². The molecule has 2 amide bonds. The van der Waals surface area contributed by atoms with E-state index in [0.717, 1.165) is 16.7 Å². The van der Waals surface area contributed by atoms with Gasteiger partial charge in [0.15, 0.2) is 5.75 Å². The van der Waals surface area contributed by atoms with E-state index in [9.17, 15) is 9.59 Å². The minimum Gasteiger partial charge on any atom is -0.494 e. The van der Waals surface area contributed by atoms with Crippen LogP contribution in [0.2, 0.25) is 15.1 Å².